The number of amides is 1. The van der Waals surface area contributed by atoms with Crippen molar-refractivity contribution in [3.8, 4) is 5.75 Å². The Labute approximate surface area is 170 Å². The smallest absolute Gasteiger partial charge is 0.241 e. The van der Waals surface area contributed by atoms with Gasteiger partial charge in [-0.15, -0.1) is 5.10 Å². The van der Waals surface area contributed by atoms with Crippen molar-refractivity contribution in [3.05, 3.63) is 41.6 Å². The van der Waals surface area contributed by atoms with E-state index in [9.17, 15) is 4.79 Å². The van der Waals surface area contributed by atoms with Crippen LogP contribution in [0.25, 0.3) is 0 Å². The molecule has 2 aromatic rings. The van der Waals surface area contributed by atoms with Crippen LogP contribution in [0.4, 0.5) is 11.5 Å². The number of carbonyl (C=O) groups excluding carboxylic acids is 1. The van der Waals surface area contributed by atoms with Gasteiger partial charge >= 0.3 is 0 Å². The molecule has 3 rings (SSSR count). The maximum absolute atomic E-state index is 12.7. The number of methoxy groups -OCH3 is 1. The Morgan fingerprint density at radius 3 is 2.96 bits per heavy atom. The van der Waals surface area contributed by atoms with E-state index in [-0.39, 0.29) is 11.9 Å². The molecule has 2 unspecified atom stereocenters. The molecular weight excluding hydrogens is 378 g/mol. The van der Waals surface area contributed by atoms with E-state index >= 15 is 0 Å². The Morgan fingerprint density at radius 2 is 2.29 bits per heavy atom. The maximum Gasteiger partial charge on any atom is 0.241 e. The number of rotatable bonds is 7. The molecule has 150 valence electrons. The number of halogens is 1. The number of anilines is 2. The first-order valence-corrected chi connectivity index (χ1v) is 9.76. The van der Waals surface area contributed by atoms with Crippen LogP contribution in [0, 0.1) is 0 Å². The van der Waals surface area contributed by atoms with Crippen LogP contribution in [0.2, 0.25) is 5.02 Å². The molecule has 1 aliphatic heterocycles. The van der Waals surface area contributed by atoms with Crippen LogP contribution in [-0.2, 0) is 4.79 Å². The molecule has 0 saturated carbocycles. The molecule has 28 heavy (non-hydrogen) atoms. The number of nitrogens with one attached hydrogen (secondary N) is 1. The molecule has 2 heterocycles. The standard InChI is InChI=1S/C20H26ClN5O2/c1-14(20(27)23-15-8-9-18(28-3)17(21)12-15)25(2)13-16-6-5-11-26(16)19-7-4-10-22-24-19/h4,7-10,12,14,16H,5-6,11,13H2,1-3H3,(H,23,27). The zero-order valence-electron chi connectivity index (χ0n) is 16.4. The van der Waals surface area contributed by atoms with Crippen LogP contribution >= 0.6 is 11.6 Å². The van der Waals surface area contributed by atoms with Crippen molar-refractivity contribution in [1.29, 1.82) is 0 Å². The minimum Gasteiger partial charge on any atom is -0.495 e. The summed E-state index contributed by atoms with van der Waals surface area (Å²) >= 11 is 6.14. The molecule has 8 heteroatoms. The highest BCUT2D eigenvalue weighted by Gasteiger charge is 2.29. The summed E-state index contributed by atoms with van der Waals surface area (Å²) < 4.78 is 5.14. The maximum atomic E-state index is 12.7. The molecule has 0 bridgehead atoms. The van der Waals surface area contributed by atoms with Gasteiger partial charge in [-0.2, -0.15) is 5.10 Å². The number of nitrogens with zero attached hydrogens (tertiary/aromatic N) is 4. The number of hydrogen-bond donors (Lipinski definition) is 1. The van der Waals surface area contributed by atoms with Gasteiger partial charge in [0.1, 0.15) is 5.75 Å². The number of carbonyl (C=O) groups is 1. The highest BCUT2D eigenvalue weighted by Crippen LogP contribution is 2.27. The number of benzene rings is 1. The third-order valence-corrected chi connectivity index (χ3v) is 5.48. The predicted octanol–water partition coefficient (Wildman–Crippen LogP) is 3.07. The normalized spacial score (nSPS) is 17.6. The fourth-order valence-corrected chi connectivity index (χ4v) is 3.71. The summed E-state index contributed by atoms with van der Waals surface area (Å²) in [6, 6.07) is 9.12. The Balaban J connectivity index is 1.59. The lowest BCUT2D eigenvalue weighted by molar-refractivity contribution is -0.120. The highest BCUT2D eigenvalue weighted by atomic mass is 35.5. The molecule has 1 fully saturated rings. The van der Waals surface area contributed by atoms with E-state index < -0.39 is 0 Å². The molecule has 2 atom stereocenters. The lowest BCUT2D eigenvalue weighted by Crippen LogP contribution is -2.46. The summed E-state index contributed by atoms with van der Waals surface area (Å²) in [6.45, 7) is 3.64. The van der Waals surface area contributed by atoms with E-state index in [1.54, 1.807) is 31.5 Å². The van der Waals surface area contributed by atoms with Gasteiger partial charge in [0.05, 0.1) is 18.2 Å². The quantitative estimate of drug-likeness (QED) is 0.766. The first kappa shape index (κ1) is 20.4. The van der Waals surface area contributed by atoms with Crippen molar-refractivity contribution in [2.45, 2.75) is 31.8 Å². The van der Waals surface area contributed by atoms with Crippen LogP contribution in [-0.4, -0.2) is 60.3 Å². The van der Waals surface area contributed by atoms with Crippen molar-refractivity contribution in [1.82, 2.24) is 15.1 Å². The second-order valence-corrected chi connectivity index (χ2v) is 7.43. The number of likely N-dealkylation sites (N-methyl/N-ethyl adjacent to an activating group) is 1. The number of hydrogen-bond acceptors (Lipinski definition) is 6. The Kier molecular flexibility index (Phi) is 6.70. The molecule has 0 aliphatic carbocycles. The van der Waals surface area contributed by atoms with E-state index in [1.165, 1.54) is 0 Å². The van der Waals surface area contributed by atoms with Gasteiger partial charge < -0.3 is 15.0 Å². The van der Waals surface area contributed by atoms with Gasteiger partial charge in [0.15, 0.2) is 5.82 Å². The van der Waals surface area contributed by atoms with Gasteiger partial charge in [-0.05, 0) is 57.1 Å². The molecule has 1 saturated heterocycles. The van der Waals surface area contributed by atoms with Gasteiger partial charge in [-0.25, -0.2) is 0 Å². The molecule has 0 radical (unpaired) electrons. The fourth-order valence-electron chi connectivity index (χ4n) is 3.46. The molecule has 1 aliphatic rings. The monoisotopic (exact) mass is 403 g/mol. The molecule has 0 spiro atoms. The average molecular weight is 404 g/mol. The third-order valence-electron chi connectivity index (χ3n) is 5.19. The van der Waals surface area contributed by atoms with E-state index in [4.69, 9.17) is 16.3 Å². The highest BCUT2D eigenvalue weighted by molar-refractivity contribution is 6.32. The first-order valence-electron chi connectivity index (χ1n) is 9.38. The summed E-state index contributed by atoms with van der Waals surface area (Å²) in [4.78, 5) is 17.0. The Morgan fingerprint density at radius 1 is 1.46 bits per heavy atom. The topological polar surface area (TPSA) is 70.6 Å². The second kappa shape index (κ2) is 9.21. The summed E-state index contributed by atoms with van der Waals surface area (Å²) in [6.07, 6.45) is 3.86. The second-order valence-electron chi connectivity index (χ2n) is 7.03. The largest absolute Gasteiger partial charge is 0.495 e. The van der Waals surface area contributed by atoms with Crippen molar-refractivity contribution in [3.63, 3.8) is 0 Å². The minimum absolute atomic E-state index is 0.0761. The molecule has 1 N–H and O–H groups in total. The van der Waals surface area contributed by atoms with E-state index in [2.05, 4.69) is 25.3 Å². The Hall–Kier alpha value is -2.38. The van der Waals surface area contributed by atoms with Crippen LogP contribution in [0.15, 0.2) is 36.5 Å². The van der Waals surface area contributed by atoms with Crippen molar-refractivity contribution in [2.24, 2.45) is 0 Å². The van der Waals surface area contributed by atoms with Crippen LogP contribution < -0.4 is 15.0 Å². The van der Waals surface area contributed by atoms with E-state index in [1.807, 2.05) is 26.1 Å². The summed E-state index contributed by atoms with van der Waals surface area (Å²) in [5, 5.41) is 11.6. The zero-order chi connectivity index (χ0) is 20.1. The van der Waals surface area contributed by atoms with Crippen LogP contribution in [0.3, 0.4) is 0 Å². The van der Waals surface area contributed by atoms with Gasteiger partial charge in [-0.1, -0.05) is 11.6 Å². The van der Waals surface area contributed by atoms with E-state index in [0.29, 0.717) is 22.5 Å². The molecular formula is C20H26ClN5O2. The minimum atomic E-state index is -0.287. The SMILES string of the molecule is COc1ccc(NC(=O)C(C)N(C)CC2CCCN2c2cccnn2)cc1Cl. The average Bonchev–Trinajstić information content (AvgIpc) is 3.16. The number of ether oxygens (including phenoxy) is 1. The zero-order valence-corrected chi connectivity index (χ0v) is 17.2. The molecule has 7 nitrogen and oxygen atoms in total. The van der Waals surface area contributed by atoms with Crippen LogP contribution in [0.5, 0.6) is 5.75 Å². The van der Waals surface area contributed by atoms with Crippen molar-refractivity contribution >= 4 is 29.0 Å². The summed E-state index contributed by atoms with van der Waals surface area (Å²) in [5.74, 6) is 1.39. The lowest BCUT2D eigenvalue weighted by atomic mass is 10.1. The molecule has 1 amide bonds. The fraction of sp³-hybridized carbons (Fsp3) is 0.450. The molecule has 1 aromatic carbocycles. The van der Waals surface area contributed by atoms with Crippen molar-refractivity contribution in [2.75, 3.05) is 37.5 Å². The van der Waals surface area contributed by atoms with Gasteiger partial charge in [-0.3, -0.25) is 9.69 Å². The first-order chi connectivity index (χ1) is 13.5. The van der Waals surface area contributed by atoms with Gasteiger partial charge in [0.25, 0.3) is 0 Å². The van der Waals surface area contributed by atoms with Gasteiger partial charge in [0, 0.05) is 31.0 Å². The third kappa shape index (κ3) is 4.72. The summed E-state index contributed by atoms with van der Waals surface area (Å²) in [5.41, 5.74) is 0.651. The Bertz CT molecular complexity index is 804. The van der Waals surface area contributed by atoms with Crippen molar-refractivity contribution < 1.29 is 9.53 Å². The van der Waals surface area contributed by atoms with Gasteiger partial charge in [0.2, 0.25) is 5.91 Å². The van der Waals surface area contributed by atoms with E-state index in [0.717, 1.165) is 31.7 Å². The number of aromatic nitrogens is 2. The summed E-state index contributed by atoms with van der Waals surface area (Å²) in [7, 11) is 3.53. The lowest BCUT2D eigenvalue weighted by Gasteiger charge is -2.31. The molecule has 1 aromatic heterocycles. The van der Waals surface area contributed by atoms with Crippen LogP contribution in [0.1, 0.15) is 19.8 Å². The predicted molar refractivity (Wildman–Crippen MR) is 111 cm³/mol.